The normalized spacial score (nSPS) is 43.2. The summed E-state index contributed by atoms with van der Waals surface area (Å²) >= 11 is 0. The van der Waals surface area contributed by atoms with Gasteiger partial charge < -0.3 is 10.2 Å². The first kappa shape index (κ1) is 21.0. The molecule has 0 amide bonds. The van der Waals surface area contributed by atoms with Gasteiger partial charge in [-0.05, 0) is 86.5 Å². The molecule has 2 aliphatic carbocycles. The van der Waals surface area contributed by atoms with Crippen LogP contribution >= 0.6 is 0 Å². The zero-order valence-corrected chi connectivity index (χ0v) is 18.0. The van der Waals surface area contributed by atoms with E-state index >= 15 is 0 Å². The van der Waals surface area contributed by atoms with Gasteiger partial charge in [0, 0.05) is 0 Å². The van der Waals surface area contributed by atoms with Gasteiger partial charge in [0.15, 0.2) is 0 Å². The van der Waals surface area contributed by atoms with Crippen LogP contribution in [0.3, 0.4) is 0 Å². The van der Waals surface area contributed by atoms with E-state index in [-0.39, 0.29) is 17.4 Å². The highest BCUT2D eigenvalue weighted by atomic mass is 16.3. The zero-order chi connectivity index (χ0) is 19.3. The Bertz CT molecular complexity index is 530. The summed E-state index contributed by atoms with van der Waals surface area (Å²) in [7, 11) is 0. The first-order valence-electron chi connectivity index (χ1n) is 10.3. The van der Waals surface area contributed by atoms with E-state index < -0.39 is 5.60 Å². The molecule has 0 heterocycles. The molecule has 2 nitrogen and oxygen atoms in total. The SMILES string of the molecule is C/C(CO)=C(/C)CC(C)[C@H]1[C@@](C)(O)CC[C@@]2(C)C(C)(C)CCC[C@]12C. The molecule has 146 valence electrons. The second kappa shape index (κ2) is 6.68. The van der Waals surface area contributed by atoms with Gasteiger partial charge in [-0.2, -0.15) is 0 Å². The Labute approximate surface area is 156 Å². The molecule has 1 unspecified atom stereocenters. The van der Waals surface area contributed by atoms with Gasteiger partial charge in [0.25, 0.3) is 0 Å². The first-order valence-corrected chi connectivity index (χ1v) is 10.3. The van der Waals surface area contributed by atoms with Crippen LogP contribution in [0.1, 0.15) is 93.9 Å². The molecule has 2 fully saturated rings. The lowest BCUT2D eigenvalue weighted by atomic mass is 9.37. The van der Waals surface area contributed by atoms with Crippen LogP contribution in [0, 0.1) is 28.1 Å². The lowest BCUT2D eigenvalue weighted by Crippen LogP contribution is -2.64. The first-order chi connectivity index (χ1) is 11.3. The van der Waals surface area contributed by atoms with E-state index in [4.69, 9.17) is 0 Å². The van der Waals surface area contributed by atoms with Crippen LogP contribution in [-0.2, 0) is 0 Å². The smallest absolute Gasteiger partial charge is 0.0656 e. The molecule has 0 radical (unpaired) electrons. The lowest BCUT2D eigenvalue weighted by Gasteiger charge is -2.68. The zero-order valence-electron chi connectivity index (χ0n) is 18.0. The van der Waals surface area contributed by atoms with Crippen molar-refractivity contribution < 1.29 is 10.2 Å². The quantitative estimate of drug-likeness (QED) is 0.636. The molecule has 0 aromatic heterocycles. The molecular formula is C23H42O2. The Morgan fingerprint density at radius 3 is 2.12 bits per heavy atom. The van der Waals surface area contributed by atoms with Crippen molar-refractivity contribution >= 4 is 0 Å². The highest BCUT2D eigenvalue weighted by Crippen LogP contribution is 2.70. The summed E-state index contributed by atoms with van der Waals surface area (Å²) in [5, 5.41) is 20.9. The second-order valence-electron chi connectivity index (χ2n) is 10.7. The summed E-state index contributed by atoms with van der Waals surface area (Å²) in [6.45, 7) is 18.6. The lowest BCUT2D eigenvalue weighted by molar-refractivity contribution is -0.229. The van der Waals surface area contributed by atoms with Gasteiger partial charge in [0.1, 0.15) is 0 Å². The molecule has 0 saturated heterocycles. The summed E-state index contributed by atoms with van der Waals surface area (Å²) in [6, 6.07) is 0. The van der Waals surface area contributed by atoms with Crippen LogP contribution in [0.2, 0.25) is 0 Å². The Balaban J connectivity index is 2.45. The van der Waals surface area contributed by atoms with Crippen molar-refractivity contribution in [2.75, 3.05) is 6.61 Å². The molecule has 0 aromatic rings. The number of rotatable bonds is 4. The van der Waals surface area contributed by atoms with Crippen LogP contribution in [-0.4, -0.2) is 22.4 Å². The maximum atomic E-state index is 11.4. The molecule has 0 bridgehead atoms. The largest absolute Gasteiger partial charge is 0.392 e. The fourth-order valence-electron chi connectivity index (χ4n) is 6.84. The average molecular weight is 351 g/mol. The number of allylic oxidation sites excluding steroid dienone is 1. The molecule has 25 heavy (non-hydrogen) atoms. The van der Waals surface area contributed by atoms with Crippen molar-refractivity contribution in [2.24, 2.45) is 28.1 Å². The average Bonchev–Trinajstić information content (AvgIpc) is 2.48. The van der Waals surface area contributed by atoms with E-state index in [1.165, 1.54) is 24.8 Å². The van der Waals surface area contributed by atoms with E-state index in [0.717, 1.165) is 24.8 Å². The molecule has 2 aliphatic rings. The summed E-state index contributed by atoms with van der Waals surface area (Å²) in [4.78, 5) is 0. The Hall–Kier alpha value is -0.340. The predicted molar refractivity (Wildman–Crippen MR) is 106 cm³/mol. The molecule has 5 atom stereocenters. The number of hydrogen-bond acceptors (Lipinski definition) is 2. The van der Waals surface area contributed by atoms with Crippen molar-refractivity contribution in [3.8, 4) is 0 Å². The van der Waals surface area contributed by atoms with Crippen molar-refractivity contribution in [2.45, 2.75) is 99.5 Å². The van der Waals surface area contributed by atoms with Crippen LogP contribution in [0.4, 0.5) is 0 Å². The van der Waals surface area contributed by atoms with Crippen molar-refractivity contribution in [3.05, 3.63) is 11.1 Å². The Morgan fingerprint density at radius 1 is 0.960 bits per heavy atom. The minimum absolute atomic E-state index is 0.141. The van der Waals surface area contributed by atoms with Crippen molar-refractivity contribution in [1.29, 1.82) is 0 Å². The molecule has 2 saturated carbocycles. The minimum Gasteiger partial charge on any atom is -0.392 e. The van der Waals surface area contributed by atoms with Crippen LogP contribution in [0.15, 0.2) is 11.1 Å². The number of aliphatic hydroxyl groups excluding tert-OH is 1. The van der Waals surface area contributed by atoms with Gasteiger partial charge in [-0.25, -0.2) is 0 Å². The van der Waals surface area contributed by atoms with Gasteiger partial charge in [-0.3, -0.25) is 0 Å². The molecule has 0 aromatic carbocycles. The second-order valence-corrected chi connectivity index (χ2v) is 10.7. The Kier molecular flexibility index (Phi) is 5.60. The predicted octanol–water partition coefficient (Wildman–Crippen LogP) is 5.73. The van der Waals surface area contributed by atoms with Gasteiger partial charge in [0.05, 0.1) is 12.2 Å². The fraction of sp³-hybridized carbons (Fsp3) is 0.913. The fourth-order valence-corrected chi connectivity index (χ4v) is 6.84. The van der Waals surface area contributed by atoms with Gasteiger partial charge >= 0.3 is 0 Å². The molecular weight excluding hydrogens is 308 g/mol. The van der Waals surface area contributed by atoms with Crippen LogP contribution < -0.4 is 0 Å². The van der Waals surface area contributed by atoms with Crippen molar-refractivity contribution in [3.63, 3.8) is 0 Å². The summed E-state index contributed by atoms with van der Waals surface area (Å²) in [5.41, 5.74) is 2.51. The maximum absolute atomic E-state index is 11.4. The third-order valence-corrected chi connectivity index (χ3v) is 8.90. The van der Waals surface area contributed by atoms with E-state index in [1.54, 1.807) is 0 Å². The summed E-state index contributed by atoms with van der Waals surface area (Å²) in [6.07, 6.45) is 6.78. The molecule has 2 rings (SSSR count). The number of hydrogen-bond donors (Lipinski definition) is 2. The van der Waals surface area contributed by atoms with E-state index in [1.807, 2.05) is 6.92 Å². The van der Waals surface area contributed by atoms with Crippen LogP contribution in [0.5, 0.6) is 0 Å². The van der Waals surface area contributed by atoms with E-state index in [2.05, 4.69) is 48.5 Å². The molecule has 0 aliphatic heterocycles. The van der Waals surface area contributed by atoms with Gasteiger partial charge in [0.2, 0.25) is 0 Å². The van der Waals surface area contributed by atoms with Crippen molar-refractivity contribution in [1.82, 2.24) is 0 Å². The van der Waals surface area contributed by atoms with E-state index in [9.17, 15) is 10.2 Å². The third kappa shape index (κ3) is 3.23. The monoisotopic (exact) mass is 350 g/mol. The topological polar surface area (TPSA) is 40.5 Å². The summed E-state index contributed by atoms with van der Waals surface area (Å²) in [5.74, 6) is 0.704. The van der Waals surface area contributed by atoms with Crippen LogP contribution in [0.25, 0.3) is 0 Å². The highest BCUT2D eigenvalue weighted by Gasteiger charge is 2.65. The number of fused-ring (bicyclic) bond motifs is 1. The van der Waals surface area contributed by atoms with Gasteiger partial charge in [-0.15, -0.1) is 0 Å². The molecule has 2 N–H and O–H groups in total. The molecule has 2 heteroatoms. The standard InChI is InChI=1S/C23H42O2/c1-16(18(3)15-24)14-17(2)19-21(6)11-9-10-20(4,5)23(21,8)13-12-22(19,7)25/h17,19,24-25H,9-15H2,1-8H3/b18-16+/t17?,19-,21-,22+,23+/m1/s1. The minimum atomic E-state index is -0.603. The maximum Gasteiger partial charge on any atom is 0.0656 e. The number of aliphatic hydroxyl groups is 2. The van der Waals surface area contributed by atoms with Gasteiger partial charge in [-0.1, -0.05) is 46.6 Å². The summed E-state index contributed by atoms with van der Waals surface area (Å²) < 4.78 is 0. The highest BCUT2D eigenvalue weighted by molar-refractivity contribution is 5.17. The Morgan fingerprint density at radius 2 is 1.56 bits per heavy atom. The third-order valence-electron chi connectivity index (χ3n) is 8.90. The van der Waals surface area contributed by atoms with E-state index in [0.29, 0.717) is 17.3 Å². The molecule has 0 spiro atoms.